The van der Waals surface area contributed by atoms with E-state index in [0.717, 1.165) is 6.07 Å². The molecule has 0 aliphatic heterocycles. The number of benzene rings is 2. The molecule has 0 aliphatic carbocycles. The van der Waals surface area contributed by atoms with Crippen LogP contribution in [0.3, 0.4) is 0 Å². The molecule has 0 atom stereocenters. The Labute approximate surface area is 158 Å². The number of nitrogens with zero attached hydrogens (tertiary/aromatic N) is 1. The zero-order chi connectivity index (χ0) is 20.1. The van der Waals surface area contributed by atoms with Crippen molar-refractivity contribution in [2.75, 3.05) is 10.6 Å². The van der Waals surface area contributed by atoms with Crippen molar-refractivity contribution in [1.29, 1.82) is 0 Å². The number of carbonyl (C=O) groups excluding carboxylic acids is 1. The fourth-order valence-electron chi connectivity index (χ4n) is 2.56. The molecule has 1 heterocycles. The summed E-state index contributed by atoms with van der Waals surface area (Å²) in [7, 11) is 0. The van der Waals surface area contributed by atoms with E-state index in [2.05, 4.69) is 15.6 Å². The maximum Gasteiger partial charge on any atom is 0.418 e. The number of amides is 1. The smallest absolute Gasteiger partial charge is 0.354 e. The van der Waals surface area contributed by atoms with Crippen molar-refractivity contribution in [2.45, 2.75) is 12.6 Å². The van der Waals surface area contributed by atoms with Gasteiger partial charge >= 0.3 is 6.18 Å². The lowest BCUT2D eigenvalue weighted by molar-refractivity contribution is -0.136. The molecule has 0 radical (unpaired) electrons. The molecular formula is C20H15F4N3O. The first-order valence-corrected chi connectivity index (χ1v) is 8.25. The number of carbonyl (C=O) groups is 1. The molecule has 8 heteroatoms. The van der Waals surface area contributed by atoms with Gasteiger partial charge in [0.05, 0.1) is 29.6 Å². The van der Waals surface area contributed by atoms with E-state index in [0.29, 0.717) is 11.3 Å². The van der Waals surface area contributed by atoms with Crippen molar-refractivity contribution in [1.82, 2.24) is 4.98 Å². The Morgan fingerprint density at radius 2 is 1.79 bits per heavy atom. The minimum atomic E-state index is -4.48. The molecule has 0 saturated heterocycles. The van der Waals surface area contributed by atoms with E-state index in [1.807, 2.05) is 0 Å². The number of pyridine rings is 1. The van der Waals surface area contributed by atoms with Crippen LogP contribution in [0.5, 0.6) is 0 Å². The van der Waals surface area contributed by atoms with Crippen LogP contribution in [0.2, 0.25) is 0 Å². The molecule has 1 aromatic heterocycles. The van der Waals surface area contributed by atoms with Crippen LogP contribution in [0.25, 0.3) is 0 Å². The van der Waals surface area contributed by atoms with E-state index < -0.39 is 17.6 Å². The summed E-state index contributed by atoms with van der Waals surface area (Å²) in [5.74, 6) is -0.588. The lowest BCUT2D eigenvalue weighted by atomic mass is 10.1. The van der Waals surface area contributed by atoms with Gasteiger partial charge in [0.25, 0.3) is 0 Å². The van der Waals surface area contributed by atoms with Gasteiger partial charge in [0, 0.05) is 0 Å². The van der Waals surface area contributed by atoms with Crippen molar-refractivity contribution in [3.05, 3.63) is 83.8 Å². The molecule has 0 spiro atoms. The number of anilines is 3. The highest BCUT2D eigenvalue weighted by Gasteiger charge is 2.33. The Hall–Kier alpha value is -3.42. The van der Waals surface area contributed by atoms with Gasteiger partial charge in [-0.15, -0.1) is 0 Å². The largest absolute Gasteiger partial charge is 0.418 e. The van der Waals surface area contributed by atoms with E-state index in [1.165, 1.54) is 54.7 Å². The van der Waals surface area contributed by atoms with Gasteiger partial charge in [-0.1, -0.05) is 24.3 Å². The van der Waals surface area contributed by atoms with Crippen LogP contribution in [-0.4, -0.2) is 10.9 Å². The van der Waals surface area contributed by atoms with Crippen LogP contribution in [0.4, 0.5) is 34.8 Å². The summed E-state index contributed by atoms with van der Waals surface area (Å²) in [6.07, 6.45) is -3.20. The van der Waals surface area contributed by atoms with Crippen LogP contribution in [0.1, 0.15) is 11.1 Å². The van der Waals surface area contributed by atoms with Crippen LogP contribution in [0, 0.1) is 5.82 Å². The molecule has 4 nitrogen and oxygen atoms in total. The molecule has 0 aliphatic rings. The van der Waals surface area contributed by atoms with Crippen molar-refractivity contribution in [3.8, 4) is 0 Å². The molecule has 3 rings (SSSR count). The molecule has 0 bridgehead atoms. The lowest BCUT2D eigenvalue weighted by Gasteiger charge is -2.14. The van der Waals surface area contributed by atoms with Gasteiger partial charge in [0.1, 0.15) is 11.6 Å². The van der Waals surface area contributed by atoms with Gasteiger partial charge < -0.3 is 10.6 Å². The first kappa shape index (κ1) is 19.3. The van der Waals surface area contributed by atoms with E-state index >= 15 is 0 Å². The summed E-state index contributed by atoms with van der Waals surface area (Å²) in [6.45, 7) is 0. The average Bonchev–Trinajstić information content (AvgIpc) is 2.63. The summed E-state index contributed by atoms with van der Waals surface area (Å²) in [4.78, 5) is 16.0. The number of alkyl halides is 3. The van der Waals surface area contributed by atoms with Crippen LogP contribution < -0.4 is 10.6 Å². The molecule has 28 heavy (non-hydrogen) atoms. The number of halogens is 4. The maximum atomic E-state index is 13.1. The average molecular weight is 389 g/mol. The Morgan fingerprint density at radius 3 is 2.46 bits per heavy atom. The quantitative estimate of drug-likeness (QED) is 0.593. The van der Waals surface area contributed by atoms with Crippen LogP contribution in [0.15, 0.2) is 66.9 Å². The molecule has 2 aromatic carbocycles. The Bertz CT molecular complexity index is 972. The third-order valence-electron chi connectivity index (χ3n) is 3.80. The topological polar surface area (TPSA) is 54.0 Å². The number of rotatable bonds is 5. The number of hydrogen-bond donors (Lipinski definition) is 2. The minimum Gasteiger partial charge on any atom is -0.354 e. The van der Waals surface area contributed by atoms with Gasteiger partial charge in [-0.25, -0.2) is 9.37 Å². The third kappa shape index (κ3) is 5.06. The molecule has 1 amide bonds. The summed E-state index contributed by atoms with van der Waals surface area (Å²) < 4.78 is 52.3. The molecule has 2 N–H and O–H groups in total. The molecule has 0 unspecified atom stereocenters. The van der Waals surface area contributed by atoms with E-state index in [9.17, 15) is 22.4 Å². The summed E-state index contributed by atoms with van der Waals surface area (Å²) >= 11 is 0. The molecule has 144 valence electrons. The number of nitrogens with one attached hydrogen (secondary N) is 2. The van der Waals surface area contributed by atoms with Crippen LogP contribution in [-0.2, 0) is 17.4 Å². The molecular weight excluding hydrogens is 374 g/mol. The summed E-state index contributed by atoms with van der Waals surface area (Å²) in [5, 5.41) is 5.23. The van der Waals surface area contributed by atoms with Gasteiger partial charge in [-0.05, 0) is 42.0 Å². The van der Waals surface area contributed by atoms with Crippen molar-refractivity contribution >= 4 is 23.1 Å². The highest BCUT2D eigenvalue weighted by Crippen LogP contribution is 2.35. The minimum absolute atomic E-state index is 0.0294. The van der Waals surface area contributed by atoms with Gasteiger partial charge in [0.2, 0.25) is 5.91 Å². The monoisotopic (exact) mass is 389 g/mol. The third-order valence-corrected chi connectivity index (χ3v) is 3.80. The molecule has 0 fully saturated rings. The van der Waals surface area contributed by atoms with Gasteiger partial charge in [-0.2, -0.15) is 13.2 Å². The molecule has 0 saturated carbocycles. The number of hydrogen-bond acceptors (Lipinski definition) is 3. The fraction of sp³-hybridized carbons (Fsp3) is 0.100. The first-order valence-electron chi connectivity index (χ1n) is 8.25. The predicted molar refractivity (Wildman–Crippen MR) is 97.7 cm³/mol. The second kappa shape index (κ2) is 8.08. The van der Waals surface area contributed by atoms with Crippen molar-refractivity contribution in [2.24, 2.45) is 0 Å². The standard InChI is InChI=1S/C20H15F4N3O/c21-14-5-3-4-13(10-14)11-19(28)27-18-9-8-15(12-25-18)26-17-7-2-1-6-16(17)20(22,23)24/h1-10,12,26H,11H2,(H,25,27,28). The Morgan fingerprint density at radius 1 is 1.00 bits per heavy atom. The lowest BCUT2D eigenvalue weighted by Crippen LogP contribution is -2.15. The maximum absolute atomic E-state index is 13.1. The van der Waals surface area contributed by atoms with Gasteiger partial charge in [0.15, 0.2) is 0 Å². The normalized spacial score (nSPS) is 11.1. The van der Waals surface area contributed by atoms with Crippen molar-refractivity contribution < 1.29 is 22.4 Å². The first-order chi connectivity index (χ1) is 13.3. The van der Waals surface area contributed by atoms with E-state index in [-0.39, 0.29) is 23.8 Å². The Kier molecular flexibility index (Phi) is 5.58. The van der Waals surface area contributed by atoms with Crippen molar-refractivity contribution in [3.63, 3.8) is 0 Å². The predicted octanol–water partition coefficient (Wildman–Crippen LogP) is 5.16. The highest BCUT2D eigenvalue weighted by atomic mass is 19.4. The van der Waals surface area contributed by atoms with E-state index in [4.69, 9.17) is 0 Å². The Balaban J connectivity index is 1.65. The summed E-state index contributed by atoms with van der Waals surface area (Å²) in [5.41, 5.74) is -0.0402. The highest BCUT2D eigenvalue weighted by molar-refractivity contribution is 5.91. The van der Waals surface area contributed by atoms with Crippen LogP contribution >= 0.6 is 0 Å². The zero-order valence-corrected chi connectivity index (χ0v) is 14.4. The second-order valence-electron chi connectivity index (χ2n) is 5.96. The molecule has 3 aromatic rings. The number of aromatic nitrogens is 1. The van der Waals surface area contributed by atoms with E-state index in [1.54, 1.807) is 6.07 Å². The fourth-order valence-corrected chi connectivity index (χ4v) is 2.56. The van der Waals surface area contributed by atoms with Gasteiger partial charge in [-0.3, -0.25) is 4.79 Å². The summed E-state index contributed by atoms with van der Waals surface area (Å²) in [6, 6.07) is 13.7. The number of para-hydroxylation sites is 1. The SMILES string of the molecule is O=C(Cc1cccc(F)c1)Nc1ccc(Nc2ccccc2C(F)(F)F)cn1. The second-order valence-corrected chi connectivity index (χ2v) is 5.96. The zero-order valence-electron chi connectivity index (χ0n) is 14.4.